The molecule has 1 N–H and O–H groups in total. The number of rotatable bonds is 4. The summed E-state index contributed by atoms with van der Waals surface area (Å²) >= 11 is 3.33. The Labute approximate surface area is 152 Å². The molecule has 3 rings (SSSR count). The van der Waals surface area contributed by atoms with Gasteiger partial charge in [-0.05, 0) is 30.7 Å². The lowest BCUT2D eigenvalue weighted by Crippen LogP contribution is -2.07. The van der Waals surface area contributed by atoms with E-state index in [-0.39, 0.29) is 18.2 Å². The standard InChI is InChI=1S/C18H16BrN3O3/c1-11-5-3-8-14-16(18(24)22(2)17(11)14)21-20-15(23)10-25-13-7-4-6-12(19)9-13/h3-9,24H,10H2,1-2H3. The topological polar surface area (TPSA) is 76.2 Å². The highest BCUT2D eigenvalue weighted by Gasteiger charge is 2.16. The number of azo groups is 1. The summed E-state index contributed by atoms with van der Waals surface area (Å²) in [6.07, 6.45) is 0. The number of aryl methyl sites for hydroxylation is 2. The first-order valence-corrected chi connectivity index (χ1v) is 8.36. The van der Waals surface area contributed by atoms with Crippen molar-refractivity contribution in [3.63, 3.8) is 0 Å². The first-order valence-electron chi connectivity index (χ1n) is 7.57. The highest BCUT2D eigenvalue weighted by atomic mass is 79.9. The highest BCUT2D eigenvalue weighted by Crippen LogP contribution is 2.39. The smallest absolute Gasteiger partial charge is 0.302 e. The van der Waals surface area contributed by atoms with E-state index in [1.54, 1.807) is 23.7 Å². The maximum absolute atomic E-state index is 11.9. The fraction of sp³-hybridized carbons (Fsp3) is 0.167. The Hall–Kier alpha value is -2.67. The minimum atomic E-state index is -0.538. The van der Waals surface area contributed by atoms with E-state index < -0.39 is 5.91 Å². The zero-order chi connectivity index (χ0) is 18.0. The molecule has 0 radical (unpaired) electrons. The maximum atomic E-state index is 11.9. The second-order valence-corrected chi connectivity index (χ2v) is 6.46. The number of ether oxygens (including phenoxy) is 1. The SMILES string of the molecule is Cc1cccc2c(N=NC(=O)COc3cccc(Br)c3)c(O)n(C)c12. The lowest BCUT2D eigenvalue weighted by atomic mass is 10.1. The third kappa shape index (κ3) is 3.56. The molecular weight excluding hydrogens is 386 g/mol. The molecule has 0 aliphatic rings. The number of aromatic nitrogens is 1. The number of carbonyl (C=O) groups is 1. The van der Waals surface area contributed by atoms with Gasteiger partial charge in [0.15, 0.2) is 12.3 Å². The van der Waals surface area contributed by atoms with Crippen LogP contribution in [-0.4, -0.2) is 22.2 Å². The van der Waals surface area contributed by atoms with Gasteiger partial charge in [0.2, 0.25) is 5.88 Å². The van der Waals surface area contributed by atoms with E-state index in [1.807, 2.05) is 37.3 Å². The number of fused-ring (bicyclic) bond motifs is 1. The third-order valence-electron chi connectivity index (χ3n) is 3.78. The molecular formula is C18H16BrN3O3. The molecule has 1 amide bonds. The zero-order valence-corrected chi connectivity index (χ0v) is 15.3. The van der Waals surface area contributed by atoms with Gasteiger partial charge in [0, 0.05) is 16.9 Å². The Morgan fingerprint density at radius 1 is 1.28 bits per heavy atom. The lowest BCUT2D eigenvalue weighted by molar-refractivity contribution is -0.120. The lowest BCUT2D eigenvalue weighted by Gasteiger charge is -2.02. The van der Waals surface area contributed by atoms with Crippen LogP contribution in [-0.2, 0) is 11.8 Å². The fourth-order valence-electron chi connectivity index (χ4n) is 2.62. The number of aromatic hydroxyl groups is 1. The van der Waals surface area contributed by atoms with Crippen molar-refractivity contribution >= 4 is 38.4 Å². The number of nitrogens with zero attached hydrogens (tertiary/aromatic N) is 3. The maximum Gasteiger partial charge on any atom is 0.302 e. The molecule has 0 aliphatic heterocycles. The normalized spacial score (nSPS) is 11.3. The number of benzene rings is 2. The van der Waals surface area contributed by atoms with Crippen LogP contribution >= 0.6 is 15.9 Å². The molecule has 6 nitrogen and oxygen atoms in total. The van der Waals surface area contributed by atoms with E-state index in [0.717, 1.165) is 20.9 Å². The summed E-state index contributed by atoms with van der Waals surface area (Å²) in [5.74, 6) is -0.0145. The van der Waals surface area contributed by atoms with E-state index in [9.17, 15) is 9.90 Å². The van der Waals surface area contributed by atoms with E-state index in [0.29, 0.717) is 5.75 Å². The highest BCUT2D eigenvalue weighted by molar-refractivity contribution is 9.10. The molecule has 1 heterocycles. The van der Waals surface area contributed by atoms with Gasteiger partial charge in [0.1, 0.15) is 5.75 Å². The van der Waals surface area contributed by atoms with Gasteiger partial charge in [-0.2, -0.15) is 0 Å². The number of halogens is 1. The van der Waals surface area contributed by atoms with Crippen LogP contribution in [0.4, 0.5) is 5.69 Å². The Bertz CT molecular complexity index is 979. The monoisotopic (exact) mass is 401 g/mol. The quantitative estimate of drug-likeness (QED) is 0.646. The van der Waals surface area contributed by atoms with Crippen molar-refractivity contribution in [3.05, 3.63) is 52.5 Å². The molecule has 0 aliphatic carbocycles. The molecule has 0 bridgehead atoms. The fourth-order valence-corrected chi connectivity index (χ4v) is 2.99. The summed E-state index contributed by atoms with van der Waals surface area (Å²) < 4.78 is 7.86. The summed E-state index contributed by atoms with van der Waals surface area (Å²) in [6.45, 7) is 1.71. The van der Waals surface area contributed by atoms with Crippen LogP contribution in [0.2, 0.25) is 0 Å². The van der Waals surface area contributed by atoms with Crippen molar-refractivity contribution in [2.45, 2.75) is 6.92 Å². The van der Waals surface area contributed by atoms with E-state index >= 15 is 0 Å². The molecule has 0 fully saturated rings. The van der Waals surface area contributed by atoms with Crippen LogP contribution in [0, 0.1) is 6.92 Å². The second kappa shape index (κ2) is 7.06. The van der Waals surface area contributed by atoms with Crippen molar-refractivity contribution in [2.75, 3.05) is 6.61 Å². The molecule has 0 unspecified atom stereocenters. The first-order chi connectivity index (χ1) is 12.0. The average molecular weight is 402 g/mol. The van der Waals surface area contributed by atoms with Crippen LogP contribution < -0.4 is 4.74 Å². The Balaban J connectivity index is 1.78. The average Bonchev–Trinajstić information content (AvgIpc) is 2.83. The van der Waals surface area contributed by atoms with E-state index in [1.165, 1.54) is 0 Å². The van der Waals surface area contributed by atoms with Crippen molar-refractivity contribution < 1.29 is 14.6 Å². The van der Waals surface area contributed by atoms with Crippen LogP contribution in [0.25, 0.3) is 10.9 Å². The number of hydrogen-bond acceptors (Lipinski definition) is 4. The molecule has 7 heteroatoms. The summed E-state index contributed by atoms with van der Waals surface area (Å²) in [5.41, 5.74) is 2.13. The molecule has 1 aromatic heterocycles. The van der Waals surface area contributed by atoms with Crippen LogP contribution in [0.15, 0.2) is 57.2 Å². The minimum absolute atomic E-state index is 0.0336. The Kier molecular flexibility index (Phi) is 4.85. The second-order valence-electron chi connectivity index (χ2n) is 5.54. The molecule has 128 valence electrons. The predicted octanol–water partition coefficient (Wildman–Crippen LogP) is 4.64. The van der Waals surface area contributed by atoms with E-state index in [4.69, 9.17) is 4.74 Å². The predicted molar refractivity (Wildman–Crippen MR) is 98.5 cm³/mol. The van der Waals surface area contributed by atoms with Gasteiger partial charge >= 0.3 is 5.91 Å². The third-order valence-corrected chi connectivity index (χ3v) is 4.27. The summed E-state index contributed by atoms with van der Waals surface area (Å²) in [6, 6.07) is 12.8. The van der Waals surface area contributed by atoms with Gasteiger partial charge in [0.25, 0.3) is 0 Å². The first kappa shape index (κ1) is 17.2. The molecule has 25 heavy (non-hydrogen) atoms. The van der Waals surface area contributed by atoms with Gasteiger partial charge in [-0.15, -0.1) is 10.2 Å². The van der Waals surface area contributed by atoms with Crippen molar-refractivity contribution in [2.24, 2.45) is 17.3 Å². The van der Waals surface area contributed by atoms with Crippen molar-refractivity contribution in [1.82, 2.24) is 4.57 Å². The number of hydrogen-bond donors (Lipinski definition) is 1. The van der Waals surface area contributed by atoms with Crippen molar-refractivity contribution in [1.29, 1.82) is 0 Å². The molecule has 0 spiro atoms. The van der Waals surface area contributed by atoms with Crippen LogP contribution in [0.5, 0.6) is 11.6 Å². The van der Waals surface area contributed by atoms with Crippen LogP contribution in [0.1, 0.15) is 5.56 Å². The van der Waals surface area contributed by atoms with Crippen molar-refractivity contribution in [3.8, 4) is 11.6 Å². The van der Waals surface area contributed by atoms with Gasteiger partial charge in [-0.1, -0.05) is 40.2 Å². The Morgan fingerprint density at radius 3 is 2.80 bits per heavy atom. The summed E-state index contributed by atoms with van der Waals surface area (Å²) in [4.78, 5) is 11.9. The van der Waals surface area contributed by atoms with Gasteiger partial charge in [-0.3, -0.25) is 4.79 Å². The molecule has 3 aromatic rings. The van der Waals surface area contributed by atoms with Crippen LogP contribution in [0.3, 0.4) is 0 Å². The summed E-state index contributed by atoms with van der Waals surface area (Å²) in [7, 11) is 1.74. The van der Waals surface area contributed by atoms with Gasteiger partial charge in [-0.25, -0.2) is 0 Å². The molecule has 0 saturated carbocycles. The molecule has 2 aromatic carbocycles. The molecule has 0 atom stereocenters. The zero-order valence-electron chi connectivity index (χ0n) is 13.7. The largest absolute Gasteiger partial charge is 0.493 e. The number of amides is 1. The van der Waals surface area contributed by atoms with E-state index in [2.05, 4.69) is 26.2 Å². The Morgan fingerprint density at radius 2 is 2.04 bits per heavy atom. The minimum Gasteiger partial charge on any atom is -0.493 e. The van der Waals surface area contributed by atoms with Gasteiger partial charge in [0.05, 0.1) is 5.52 Å². The number of carbonyl (C=O) groups excluding carboxylic acids is 1. The number of para-hydroxylation sites is 1. The van der Waals surface area contributed by atoms with Gasteiger partial charge < -0.3 is 14.4 Å². The summed E-state index contributed by atoms with van der Waals surface area (Å²) in [5, 5.41) is 18.6. The molecule has 0 saturated heterocycles.